The van der Waals surface area contributed by atoms with Crippen molar-refractivity contribution in [1.29, 1.82) is 5.26 Å². The van der Waals surface area contributed by atoms with Crippen molar-refractivity contribution in [1.82, 2.24) is 9.97 Å². The highest BCUT2D eigenvalue weighted by Gasteiger charge is 2.16. The molecule has 0 aliphatic rings. The fraction of sp³-hybridized carbons (Fsp3) is 0. The molecule has 0 bridgehead atoms. The molecule has 0 atom stereocenters. The number of hydrogen-bond donors (Lipinski definition) is 1. The van der Waals surface area contributed by atoms with Crippen molar-refractivity contribution in [2.45, 2.75) is 0 Å². The van der Waals surface area contributed by atoms with Crippen molar-refractivity contribution >= 4 is 16.7 Å². The number of hydrogen-bond acceptors (Lipinski definition) is 4. The number of fused-ring (bicyclic) bond motifs is 1. The van der Waals surface area contributed by atoms with Gasteiger partial charge in [0.1, 0.15) is 6.07 Å². The number of nitrogens with one attached hydrogen (secondary N) is 1. The molecule has 0 spiro atoms. The van der Waals surface area contributed by atoms with Crippen LogP contribution in [0.3, 0.4) is 0 Å². The molecule has 1 N–H and O–H groups in total. The van der Waals surface area contributed by atoms with E-state index in [1.807, 2.05) is 6.07 Å². The highest BCUT2D eigenvalue weighted by atomic mass is 16.6. The van der Waals surface area contributed by atoms with Gasteiger partial charge in [-0.1, -0.05) is 0 Å². The number of nitriles is 1. The number of pyridine rings is 1. The molecule has 68 valence electrons. The fourth-order valence-electron chi connectivity index (χ4n) is 1.24. The van der Waals surface area contributed by atoms with E-state index in [0.717, 1.165) is 0 Å². The van der Waals surface area contributed by atoms with E-state index in [2.05, 4.69) is 9.97 Å². The van der Waals surface area contributed by atoms with E-state index in [1.54, 1.807) is 0 Å². The smallest absolute Gasteiger partial charge is 0.312 e. The van der Waals surface area contributed by atoms with Crippen LogP contribution in [0.1, 0.15) is 5.56 Å². The molecule has 2 aromatic rings. The van der Waals surface area contributed by atoms with Gasteiger partial charge in [0.25, 0.3) is 0 Å². The maximum Gasteiger partial charge on any atom is 0.312 e. The standard InChI is InChI=1S/C8H4N4O2/c9-3-5-1-2-10-8-6(12(13)14)4-11-7(5)8/h1-2,4,11H. The van der Waals surface area contributed by atoms with Gasteiger partial charge < -0.3 is 4.98 Å². The van der Waals surface area contributed by atoms with E-state index in [4.69, 9.17) is 5.26 Å². The molecule has 0 aromatic carbocycles. The summed E-state index contributed by atoms with van der Waals surface area (Å²) in [6.45, 7) is 0. The Morgan fingerprint density at radius 1 is 1.64 bits per heavy atom. The lowest BCUT2D eigenvalue weighted by Crippen LogP contribution is -1.87. The van der Waals surface area contributed by atoms with Crippen LogP contribution < -0.4 is 0 Å². The fourth-order valence-corrected chi connectivity index (χ4v) is 1.24. The average Bonchev–Trinajstić information content (AvgIpc) is 2.60. The quantitative estimate of drug-likeness (QED) is 0.539. The number of rotatable bonds is 1. The molecule has 2 heterocycles. The van der Waals surface area contributed by atoms with Gasteiger partial charge in [-0.25, -0.2) is 4.98 Å². The first-order valence-electron chi connectivity index (χ1n) is 3.74. The molecule has 0 fully saturated rings. The molecule has 6 heteroatoms. The largest absolute Gasteiger partial charge is 0.353 e. The maximum absolute atomic E-state index is 10.5. The third kappa shape index (κ3) is 0.998. The summed E-state index contributed by atoms with van der Waals surface area (Å²) >= 11 is 0. The van der Waals surface area contributed by atoms with Crippen molar-refractivity contribution in [3.63, 3.8) is 0 Å². The lowest BCUT2D eigenvalue weighted by atomic mass is 10.2. The van der Waals surface area contributed by atoms with E-state index in [9.17, 15) is 10.1 Å². The Bertz CT molecular complexity index is 552. The highest BCUT2D eigenvalue weighted by molar-refractivity contribution is 5.88. The Labute approximate surface area is 78.0 Å². The van der Waals surface area contributed by atoms with Gasteiger partial charge in [0, 0.05) is 6.20 Å². The van der Waals surface area contributed by atoms with Crippen molar-refractivity contribution < 1.29 is 4.92 Å². The van der Waals surface area contributed by atoms with Gasteiger partial charge in [0.2, 0.25) is 0 Å². The summed E-state index contributed by atoms with van der Waals surface area (Å²) in [5.74, 6) is 0. The first-order chi connectivity index (χ1) is 6.74. The van der Waals surface area contributed by atoms with Crippen LogP contribution >= 0.6 is 0 Å². The maximum atomic E-state index is 10.5. The van der Waals surface area contributed by atoms with E-state index >= 15 is 0 Å². The Hall–Kier alpha value is -2.42. The van der Waals surface area contributed by atoms with Gasteiger partial charge in [-0.3, -0.25) is 10.1 Å². The summed E-state index contributed by atoms with van der Waals surface area (Å²) in [5, 5.41) is 19.3. The molecule has 0 aliphatic heterocycles. The van der Waals surface area contributed by atoms with E-state index in [0.29, 0.717) is 11.1 Å². The lowest BCUT2D eigenvalue weighted by Gasteiger charge is -1.90. The Balaban J connectivity index is 2.84. The topological polar surface area (TPSA) is 95.6 Å². The second-order valence-corrected chi connectivity index (χ2v) is 2.62. The summed E-state index contributed by atoms with van der Waals surface area (Å²) in [6.07, 6.45) is 2.61. The van der Waals surface area contributed by atoms with Gasteiger partial charge in [-0.2, -0.15) is 5.26 Å². The molecule has 14 heavy (non-hydrogen) atoms. The zero-order valence-corrected chi connectivity index (χ0v) is 6.89. The van der Waals surface area contributed by atoms with Crippen molar-refractivity contribution in [3.05, 3.63) is 34.1 Å². The third-order valence-corrected chi connectivity index (χ3v) is 1.86. The van der Waals surface area contributed by atoms with Crippen LogP contribution in [0.25, 0.3) is 11.0 Å². The van der Waals surface area contributed by atoms with Crippen LogP contribution in [-0.2, 0) is 0 Å². The Morgan fingerprint density at radius 3 is 3.07 bits per heavy atom. The third-order valence-electron chi connectivity index (χ3n) is 1.86. The van der Waals surface area contributed by atoms with Crippen LogP contribution in [0.5, 0.6) is 0 Å². The average molecular weight is 188 g/mol. The number of H-pyrrole nitrogens is 1. The zero-order valence-electron chi connectivity index (χ0n) is 6.89. The van der Waals surface area contributed by atoms with Crippen molar-refractivity contribution in [2.24, 2.45) is 0 Å². The highest BCUT2D eigenvalue weighted by Crippen LogP contribution is 2.24. The normalized spacial score (nSPS) is 9.93. The minimum atomic E-state index is -0.535. The SMILES string of the molecule is N#Cc1ccnc2c([N+](=O)[O-])c[nH]c12. The molecule has 0 aliphatic carbocycles. The molecule has 2 aromatic heterocycles. The van der Waals surface area contributed by atoms with E-state index in [-0.39, 0.29) is 11.2 Å². The number of nitrogens with zero attached hydrogens (tertiary/aromatic N) is 3. The molecule has 6 nitrogen and oxygen atoms in total. The zero-order chi connectivity index (χ0) is 10.1. The van der Waals surface area contributed by atoms with Gasteiger partial charge in [-0.05, 0) is 6.07 Å². The van der Waals surface area contributed by atoms with Crippen LogP contribution in [0.2, 0.25) is 0 Å². The van der Waals surface area contributed by atoms with Gasteiger partial charge >= 0.3 is 5.69 Å². The summed E-state index contributed by atoms with van der Waals surface area (Å²) in [7, 11) is 0. The Morgan fingerprint density at radius 2 is 2.43 bits per heavy atom. The van der Waals surface area contributed by atoms with Gasteiger partial charge in [-0.15, -0.1) is 0 Å². The minimum Gasteiger partial charge on any atom is -0.353 e. The number of aromatic amines is 1. The van der Waals surface area contributed by atoms with Crippen molar-refractivity contribution in [2.75, 3.05) is 0 Å². The van der Waals surface area contributed by atoms with Crippen LogP contribution in [-0.4, -0.2) is 14.9 Å². The number of aromatic nitrogens is 2. The molecular weight excluding hydrogens is 184 g/mol. The van der Waals surface area contributed by atoms with Gasteiger partial charge in [0.05, 0.1) is 22.2 Å². The second-order valence-electron chi connectivity index (χ2n) is 2.62. The summed E-state index contributed by atoms with van der Waals surface area (Å²) in [6, 6.07) is 3.43. The van der Waals surface area contributed by atoms with Crippen LogP contribution in [0, 0.1) is 21.4 Å². The molecule has 0 amide bonds. The molecular formula is C8H4N4O2. The summed E-state index contributed by atoms with van der Waals surface area (Å²) in [4.78, 5) is 16.5. The minimum absolute atomic E-state index is 0.114. The van der Waals surface area contributed by atoms with E-state index in [1.165, 1.54) is 18.5 Å². The molecule has 2 rings (SSSR count). The van der Waals surface area contributed by atoms with Crippen LogP contribution in [0.15, 0.2) is 18.5 Å². The predicted octanol–water partition coefficient (Wildman–Crippen LogP) is 1.34. The first kappa shape index (κ1) is 8.19. The second kappa shape index (κ2) is 2.81. The van der Waals surface area contributed by atoms with Crippen molar-refractivity contribution in [3.8, 4) is 6.07 Å². The lowest BCUT2D eigenvalue weighted by molar-refractivity contribution is -0.383. The number of nitro groups is 1. The molecule has 0 radical (unpaired) electrons. The summed E-state index contributed by atoms with van der Waals surface area (Å²) in [5.41, 5.74) is 0.857. The molecule has 0 unspecified atom stereocenters. The predicted molar refractivity (Wildman–Crippen MR) is 47.5 cm³/mol. The van der Waals surface area contributed by atoms with Crippen LogP contribution in [0.4, 0.5) is 5.69 Å². The summed E-state index contributed by atoms with van der Waals surface area (Å²) < 4.78 is 0. The molecule has 0 saturated heterocycles. The van der Waals surface area contributed by atoms with Gasteiger partial charge in [0.15, 0.2) is 5.52 Å². The molecule has 0 saturated carbocycles. The first-order valence-corrected chi connectivity index (χ1v) is 3.74. The Kier molecular flexibility index (Phi) is 1.65. The monoisotopic (exact) mass is 188 g/mol. The van der Waals surface area contributed by atoms with E-state index < -0.39 is 4.92 Å².